The molecule has 2 aliphatic rings. The summed E-state index contributed by atoms with van der Waals surface area (Å²) < 4.78 is 5.43. The third kappa shape index (κ3) is 2.47. The molecule has 1 unspecified atom stereocenters. The van der Waals surface area contributed by atoms with E-state index in [1.165, 1.54) is 4.90 Å². The monoisotopic (exact) mass is 336 g/mol. The van der Waals surface area contributed by atoms with Gasteiger partial charge in [0.2, 0.25) is 0 Å². The Morgan fingerprint density at radius 3 is 2.64 bits per heavy atom. The van der Waals surface area contributed by atoms with Gasteiger partial charge >= 0.3 is 6.03 Å². The zero-order valence-corrected chi connectivity index (χ0v) is 14.1. The van der Waals surface area contributed by atoms with Crippen LogP contribution in [0.25, 0.3) is 0 Å². The summed E-state index contributed by atoms with van der Waals surface area (Å²) in [7, 11) is 0. The molecule has 5 heteroatoms. The number of carbonyl (C=O) groups is 2. The maximum absolute atomic E-state index is 13.1. The number of rotatable bonds is 4. The van der Waals surface area contributed by atoms with E-state index >= 15 is 0 Å². The summed E-state index contributed by atoms with van der Waals surface area (Å²) in [6, 6.07) is 15.0. The smallest absolute Gasteiger partial charge is 0.325 e. The molecule has 1 atom stereocenters. The fourth-order valence-corrected chi connectivity index (χ4v) is 3.77. The van der Waals surface area contributed by atoms with Crippen molar-refractivity contribution in [3.05, 3.63) is 65.2 Å². The zero-order chi connectivity index (χ0) is 17.4. The molecule has 5 nitrogen and oxygen atoms in total. The first-order valence-corrected chi connectivity index (χ1v) is 8.58. The number of ether oxygens (including phenoxy) is 1. The molecule has 1 heterocycles. The van der Waals surface area contributed by atoms with Gasteiger partial charge in [-0.3, -0.25) is 9.69 Å². The van der Waals surface area contributed by atoms with Crippen LogP contribution in [-0.2, 0) is 23.3 Å². The van der Waals surface area contributed by atoms with Crippen LogP contribution in [-0.4, -0.2) is 23.4 Å². The minimum absolute atomic E-state index is 0.156. The molecular formula is C20H20N2O3. The van der Waals surface area contributed by atoms with E-state index in [1.54, 1.807) is 0 Å². The summed E-state index contributed by atoms with van der Waals surface area (Å²) in [4.78, 5) is 26.9. The number of hydrogen-bond acceptors (Lipinski definition) is 3. The number of nitrogens with one attached hydrogen (secondary N) is 1. The molecule has 3 amide bonds. The summed E-state index contributed by atoms with van der Waals surface area (Å²) in [5, 5.41) is 2.95. The Balaban J connectivity index is 1.58. The van der Waals surface area contributed by atoms with E-state index in [-0.39, 0.29) is 18.5 Å². The van der Waals surface area contributed by atoms with E-state index < -0.39 is 5.54 Å². The van der Waals surface area contributed by atoms with Crippen molar-refractivity contribution in [3.63, 3.8) is 0 Å². The predicted octanol–water partition coefficient (Wildman–Crippen LogP) is 2.98. The van der Waals surface area contributed by atoms with Crippen molar-refractivity contribution in [3.8, 4) is 5.75 Å². The fraction of sp³-hybridized carbons (Fsp3) is 0.300. The summed E-state index contributed by atoms with van der Waals surface area (Å²) in [5.41, 5.74) is 2.08. The van der Waals surface area contributed by atoms with Crippen LogP contribution in [0.2, 0.25) is 0 Å². The summed E-state index contributed by atoms with van der Waals surface area (Å²) >= 11 is 0. The second-order valence-electron chi connectivity index (χ2n) is 6.46. The highest BCUT2D eigenvalue weighted by atomic mass is 16.5. The van der Waals surface area contributed by atoms with E-state index in [0.717, 1.165) is 28.9 Å². The van der Waals surface area contributed by atoms with Gasteiger partial charge in [0.25, 0.3) is 5.91 Å². The average Bonchev–Trinajstić information content (AvgIpc) is 3.11. The first-order valence-electron chi connectivity index (χ1n) is 8.58. The second kappa shape index (κ2) is 5.92. The number of hydrogen-bond donors (Lipinski definition) is 1. The number of aryl methyl sites for hydroxylation is 1. The first kappa shape index (κ1) is 15.7. The lowest BCUT2D eigenvalue weighted by atomic mass is 9.92. The molecule has 1 spiro atoms. The van der Waals surface area contributed by atoms with Crippen LogP contribution in [0.15, 0.2) is 48.5 Å². The third-order valence-corrected chi connectivity index (χ3v) is 5.00. The molecule has 2 aromatic rings. The van der Waals surface area contributed by atoms with Crippen molar-refractivity contribution in [1.82, 2.24) is 10.2 Å². The maximum atomic E-state index is 13.1. The molecule has 1 aliphatic heterocycles. The van der Waals surface area contributed by atoms with E-state index in [4.69, 9.17) is 4.74 Å². The summed E-state index contributed by atoms with van der Waals surface area (Å²) in [5.74, 6) is 0.626. The lowest BCUT2D eigenvalue weighted by molar-refractivity contribution is -0.132. The fourth-order valence-electron chi connectivity index (χ4n) is 3.77. The van der Waals surface area contributed by atoms with Crippen molar-refractivity contribution in [2.45, 2.75) is 31.8 Å². The summed E-state index contributed by atoms with van der Waals surface area (Å²) in [6.45, 7) is 2.80. The largest absolute Gasteiger partial charge is 0.494 e. The Morgan fingerprint density at radius 1 is 1.12 bits per heavy atom. The molecule has 25 heavy (non-hydrogen) atoms. The van der Waals surface area contributed by atoms with Gasteiger partial charge in [-0.2, -0.15) is 0 Å². The second-order valence-corrected chi connectivity index (χ2v) is 6.46. The molecule has 1 aliphatic carbocycles. The quantitative estimate of drug-likeness (QED) is 0.873. The Labute approximate surface area is 146 Å². The van der Waals surface area contributed by atoms with Gasteiger partial charge in [-0.25, -0.2) is 4.79 Å². The van der Waals surface area contributed by atoms with Crippen LogP contribution in [0, 0.1) is 0 Å². The van der Waals surface area contributed by atoms with Crippen molar-refractivity contribution in [2.24, 2.45) is 0 Å². The summed E-state index contributed by atoms with van der Waals surface area (Å²) in [6.07, 6.45) is 1.43. The molecule has 128 valence electrons. The zero-order valence-electron chi connectivity index (χ0n) is 14.1. The van der Waals surface area contributed by atoms with Gasteiger partial charge in [0, 0.05) is 0 Å². The van der Waals surface area contributed by atoms with Crippen molar-refractivity contribution < 1.29 is 14.3 Å². The van der Waals surface area contributed by atoms with Gasteiger partial charge < -0.3 is 10.1 Å². The van der Waals surface area contributed by atoms with Crippen LogP contribution < -0.4 is 10.1 Å². The predicted molar refractivity (Wildman–Crippen MR) is 93.1 cm³/mol. The standard InChI is InChI=1S/C20H20N2O3/c1-2-25-16-9-7-14(8-10-16)13-22-18(23)20(21-19(22)24)12-11-15-5-3-4-6-17(15)20/h3-10H,2,11-13H2,1H3,(H,21,24). The molecule has 2 aromatic carbocycles. The first-order chi connectivity index (χ1) is 12.1. The third-order valence-electron chi connectivity index (χ3n) is 5.00. The van der Waals surface area contributed by atoms with Crippen LogP contribution >= 0.6 is 0 Å². The SMILES string of the molecule is CCOc1ccc(CN2C(=O)NC3(CCc4ccccc43)C2=O)cc1. The average molecular weight is 336 g/mol. The molecule has 1 fully saturated rings. The maximum Gasteiger partial charge on any atom is 0.325 e. The number of fused-ring (bicyclic) bond motifs is 2. The molecule has 0 radical (unpaired) electrons. The molecular weight excluding hydrogens is 316 g/mol. The topological polar surface area (TPSA) is 58.6 Å². The molecule has 4 rings (SSSR count). The van der Waals surface area contributed by atoms with E-state index in [1.807, 2.05) is 55.5 Å². The normalized spacial score (nSPS) is 21.6. The Morgan fingerprint density at radius 2 is 1.88 bits per heavy atom. The molecule has 1 N–H and O–H groups in total. The van der Waals surface area contributed by atoms with Crippen molar-refractivity contribution in [2.75, 3.05) is 6.61 Å². The Kier molecular flexibility index (Phi) is 3.71. The molecule has 1 saturated heterocycles. The van der Waals surface area contributed by atoms with Gasteiger partial charge in [0.05, 0.1) is 13.2 Å². The van der Waals surface area contributed by atoms with Crippen LogP contribution in [0.1, 0.15) is 30.0 Å². The van der Waals surface area contributed by atoms with Crippen LogP contribution in [0.4, 0.5) is 4.79 Å². The van der Waals surface area contributed by atoms with Crippen LogP contribution in [0.5, 0.6) is 5.75 Å². The highest BCUT2D eigenvalue weighted by molar-refractivity contribution is 6.08. The number of amides is 3. The van der Waals surface area contributed by atoms with Gasteiger partial charge in [-0.1, -0.05) is 36.4 Å². The number of nitrogens with zero attached hydrogens (tertiary/aromatic N) is 1. The van der Waals surface area contributed by atoms with Gasteiger partial charge in [-0.15, -0.1) is 0 Å². The van der Waals surface area contributed by atoms with Crippen molar-refractivity contribution in [1.29, 1.82) is 0 Å². The highest BCUT2D eigenvalue weighted by Crippen LogP contribution is 2.41. The molecule has 0 aromatic heterocycles. The highest BCUT2D eigenvalue weighted by Gasteiger charge is 2.55. The van der Waals surface area contributed by atoms with E-state index in [0.29, 0.717) is 13.0 Å². The number of benzene rings is 2. The van der Waals surface area contributed by atoms with Crippen molar-refractivity contribution >= 4 is 11.9 Å². The van der Waals surface area contributed by atoms with E-state index in [9.17, 15) is 9.59 Å². The Hall–Kier alpha value is -2.82. The lowest BCUT2D eigenvalue weighted by Gasteiger charge is -2.22. The van der Waals surface area contributed by atoms with Gasteiger partial charge in [0.1, 0.15) is 11.3 Å². The minimum atomic E-state index is -0.890. The molecule has 0 bridgehead atoms. The minimum Gasteiger partial charge on any atom is -0.494 e. The number of urea groups is 1. The van der Waals surface area contributed by atoms with Gasteiger partial charge in [-0.05, 0) is 48.6 Å². The number of imide groups is 1. The Bertz CT molecular complexity index is 831. The van der Waals surface area contributed by atoms with Crippen LogP contribution in [0.3, 0.4) is 0 Å². The van der Waals surface area contributed by atoms with E-state index in [2.05, 4.69) is 5.32 Å². The van der Waals surface area contributed by atoms with Gasteiger partial charge in [0.15, 0.2) is 0 Å². The number of carbonyl (C=O) groups excluding carboxylic acids is 2. The molecule has 0 saturated carbocycles. The lowest BCUT2D eigenvalue weighted by Crippen LogP contribution is -2.41.